The van der Waals surface area contributed by atoms with Crippen LogP contribution in [0.2, 0.25) is 0 Å². The minimum absolute atomic E-state index is 0.0748. The van der Waals surface area contributed by atoms with Gasteiger partial charge in [-0.1, -0.05) is 12.1 Å². The Balaban J connectivity index is 1.90. The van der Waals surface area contributed by atoms with Gasteiger partial charge in [-0.25, -0.2) is 4.39 Å². The molecule has 0 aliphatic carbocycles. The lowest BCUT2D eigenvalue weighted by atomic mass is 10.0. The molecular formula is C16H25FN2O. The van der Waals surface area contributed by atoms with Crippen LogP contribution in [-0.4, -0.2) is 43.3 Å². The van der Waals surface area contributed by atoms with Gasteiger partial charge in [0, 0.05) is 31.2 Å². The zero-order chi connectivity index (χ0) is 14.6. The maximum Gasteiger partial charge on any atom is 0.123 e. The van der Waals surface area contributed by atoms with Crippen molar-refractivity contribution in [3.05, 3.63) is 35.6 Å². The molecule has 1 N–H and O–H groups in total. The van der Waals surface area contributed by atoms with E-state index in [0.29, 0.717) is 0 Å². The average Bonchev–Trinajstić information content (AvgIpc) is 2.46. The number of benzene rings is 1. The lowest BCUT2D eigenvalue weighted by molar-refractivity contribution is -0.0102. The van der Waals surface area contributed by atoms with Gasteiger partial charge in [-0.3, -0.25) is 4.90 Å². The smallest absolute Gasteiger partial charge is 0.123 e. The van der Waals surface area contributed by atoms with Gasteiger partial charge in [0.1, 0.15) is 5.82 Å². The fraction of sp³-hybridized carbons (Fsp3) is 0.625. The predicted molar refractivity (Wildman–Crippen MR) is 79.3 cm³/mol. The summed E-state index contributed by atoms with van der Waals surface area (Å²) in [4.78, 5) is 2.45. The summed E-state index contributed by atoms with van der Waals surface area (Å²) in [6.07, 6.45) is 0. The van der Waals surface area contributed by atoms with E-state index in [1.54, 1.807) is 12.1 Å². The zero-order valence-corrected chi connectivity index (χ0v) is 12.7. The second-order valence-corrected chi connectivity index (χ2v) is 6.07. The molecule has 4 heteroatoms. The highest BCUT2D eigenvalue weighted by atomic mass is 19.1. The van der Waals surface area contributed by atoms with Crippen LogP contribution in [0.4, 0.5) is 4.39 Å². The van der Waals surface area contributed by atoms with Crippen molar-refractivity contribution >= 4 is 0 Å². The number of nitrogens with zero attached hydrogens (tertiary/aromatic N) is 1. The van der Waals surface area contributed by atoms with E-state index >= 15 is 0 Å². The Labute approximate surface area is 121 Å². The molecule has 1 aromatic carbocycles. The van der Waals surface area contributed by atoms with Crippen molar-refractivity contribution < 1.29 is 9.13 Å². The van der Waals surface area contributed by atoms with Crippen molar-refractivity contribution in [2.45, 2.75) is 32.4 Å². The molecule has 112 valence electrons. The summed E-state index contributed by atoms with van der Waals surface area (Å²) < 4.78 is 18.6. The highest BCUT2D eigenvalue weighted by Crippen LogP contribution is 2.18. The van der Waals surface area contributed by atoms with Crippen molar-refractivity contribution in [3.8, 4) is 0 Å². The van der Waals surface area contributed by atoms with Crippen molar-refractivity contribution in [2.24, 2.45) is 0 Å². The Hall–Kier alpha value is -0.970. The summed E-state index contributed by atoms with van der Waals surface area (Å²) in [6.45, 7) is 11.0. The Morgan fingerprint density at radius 3 is 2.70 bits per heavy atom. The number of ether oxygens (including phenoxy) is 1. The molecule has 2 rings (SSSR count). The standard InChI is InChI=1S/C16H25FN2O/c1-13(14-5-4-6-15(17)11-14)18-12-16(2,3)19-7-9-20-10-8-19/h4-6,11,13,18H,7-10,12H2,1-3H3. The van der Waals surface area contributed by atoms with Crippen molar-refractivity contribution in [1.82, 2.24) is 10.2 Å². The highest BCUT2D eigenvalue weighted by Gasteiger charge is 2.28. The lowest BCUT2D eigenvalue weighted by Crippen LogP contribution is -2.54. The quantitative estimate of drug-likeness (QED) is 0.897. The van der Waals surface area contributed by atoms with Crippen LogP contribution in [0, 0.1) is 5.82 Å². The van der Waals surface area contributed by atoms with Crippen LogP contribution in [0.15, 0.2) is 24.3 Å². The fourth-order valence-corrected chi connectivity index (χ4v) is 2.58. The van der Waals surface area contributed by atoms with Gasteiger partial charge in [0.2, 0.25) is 0 Å². The molecule has 0 amide bonds. The number of halogens is 1. The summed E-state index contributed by atoms with van der Waals surface area (Å²) in [7, 11) is 0. The Morgan fingerprint density at radius 1 is 1.35 bits per heavy atom. The molecule has 1 atom stereocenters. The largest absolute Gasteiger partial charge is 0.379 e. The second-order valence-electron chi connectivity index (χ2n) is 6.07. The first-order valence-corrected chi connectivity index (χ1v) is 7.31. The van der Waals surface area contributed by atoms with Crippen molar-refractivity contribution in [2.75, 3.05) is 32.8 Å². The topological polar surface area (TPSA) is 24.5 Å². The van der Waals surface area contributed by atoms with Gasteiger partial charge < -0.3 is 10.1 Å². The monoisotopic (exact) mass is 280 g/mol. The molecule has 0 spiro atoms. The van der Waals surface area contributed by atoms with E-state index in [1.165, 1.54) is 6.07 Å². The molecule has 1 aliphatic heterocycles. The fourth-order valence-electron chi connectivity index (χ4n) is 2.58. The van der Waals surface area contributed by atoms with Crippen LogP contribution in [0.3, 0.4) is 0 Å². The van der Waals surface area contributed by atoms with Gasteiger partial charge >= 0.3 is 0 Å². The van der Waals surface area contributed by atoms with E-state index in [2.05, 4.69) is 31.0 Å². The zero-order valence-electron chi connectivity index (χ0n) is 12.7. The summed E-state index contributed by atoms with van der Waals surface area (Å²) >= 11 is 0. The van der Waals surface area contributed by atoms with Gasteiger partial charge in [-0.2, -0.15) is 0 Å². The first-order chi connectivity index (χ1) is 9.49. The SMILES string of the molecule is CC(NCC(C)(C)N1CCOCC1)c1cccc(F)c1. The van der Waals surface area contributed by atoms with E-state index in [1.807, 2.05) is 6.07 Å². The lowest BCUT2D eigenvalue weighted by Gasteiger charge is -2.41. The van der Waals surface area contributed by atoms with Gasteiger partial charge in [0.05, 0.1) is 13.2 Å². The number of hydrogen-bond donors (Lipinski definition) is 1. The number of nitrogens with one attached hydrogen (secondary N) is 1. The molecule has 0 saturated carbocycles. The first kappa shape index (κ1) is 15.4. The van der Waals surface area contributed by atoms with Crippen LogP contribution in [-0.2, 0) is 4.74 Å². The van der Waals surface area contributed by atoms with Crippen molar-refractivity contribution in [1.29, 1.82) is 0 Å². The second kappa shape index (κ2) is 6.66. The molecule has 0 radical (unpaired) electrons. The van der Waals surface area contributed by atoms with E-state index in [9.17, 15) is 4.39 Å². The van der Waals surface area contributed by atoms with E-state index < -0.39 is 0 Å². The summed E-state index contributed by atoms with van der Waals surface area (Å²) in [6, 6.07) is 6.94. The summed E-state index contributed by atoms with van der Waals surface area (Å²) in [5.74, 6) is -0.177. The highest BCUT2D eigenvalue weighted by molar-refractivity contribution is 5.19. The third-order valence-corrected chi connectivity index (χ3v) is 4.06. The Bertz CT molecular complexity index is 430. The molecule has 1 unspecified atom stereocenters. The molecule has 0 bridgehead atoms. The minimum Gasteiger partial charge on any atom is -0.379 e. The molecular weight excluding hydrogens is 255 g/mol. The average molecular weight is 280 g/mol. The predicted octanol–water partition coefficient (Wildman–Crippen LogP) is 2.59. The molecule has 1 saturated heterocycles. The maximum atomic E-state index is 13.2. The number of hydrogen-bond acceptors (Lipinski definition) is 3. The molecule has 1 heterocycles. The van der Waals surface area contributed by atoms with Crippen LogP contribution >= 0.6 is 0 Å². The van der Waals surface area contributed by atoms with Gasteiger partial charge in [-0.05, 0) is 38.5 Å². The maximum absolute atomic E-state index is 13.2. The van der Waals surface area contributed by atoms with E-state index in [0.717, 1.165) is 38.4 Å². The van der Waals surface area contributed by atoms with Crippen LogP contribution in [0.1, 0.15) is 32.4 Å². The van der Waals surface area contributed by atoms with Gasteiger partial charge in [-0.15, -0.1) is 0 Å². The van der Waals surface area contributed by atoms with Crippen molar-refractivity contribution in [3.63, 3.8) is 0 Å². The van der Waals surface area contributed by atoms with Crippen LogP contribution in [0.5, 0.6) is 0 Å². The van der Waals surface area contributed by atoms with Crippen LogP contribution < -0.4 is 5.32 Å². The third kappa shape index (κ3) is 4.01. The Morgan fingerprint density at radius 2 is 2.05 bits per heavy atom. The molecule has 1 fully saturated rings. The Kier molecular flexibility index (Phi) is 5.13. The normalized spacial score (nSPS) is 19.0. The van der Waals surface area contributed by atoms with E-state index in [-0.39, 0.29) is 17.4 Å². The summed E-state index contributed by atoms with van der Waals surface area (Å²) in [5, 5.41) is 3.51. The minimum atomic E-state index is -0.177. The van der Waals surface area contributed by atoms with Gasteiger partial charge in [0.15, 0.2) is 0 Å². The van der Waals surface area contributed by atoms with Crippen LogP contribution in [0.25, 0.3) is 0 Å². The summed E-state index contributed by atoms with van der Waals surface area (Å²) in [5.41, 5.74) is 1.06. The number of morpholine rings is 1. The number of rotatable bonds is 5. The molecule has 20 heavy (non-hydrogen) atoms. The van der Waals surface area contributed by atoms with E-state index in [4.69, 9.17) is 4.74 Å². The molecule has 0 aromatic heterocycles. The first-order valence-electron chi connectivity index (χ1n) is 7.31. The molecule has 3 nitrogen and oxygen atoms in total. The third-order valence-electron chi connectivity index (χ3n) is 4.06. The molecule has 1 aromatic rings. The van der Waals surface area contributed by atoms with Gasteiger partial charge in [0.25, 0.3) is 0 Å². The molecule has 1 aliphatic rings.